The van der Waals surface area contributed by atoms with E-state index in [0.717, 1.165) is 37.8 Å². The molecule has 1 heterocycles. The first-order valence-corrected chi connectivity index (χ1v) is 7.58. The van der Waals surface area contributed by atoms with Crippen molar-refractivity contribution in [1.29, 1.82) is 0 Å². The van der Waals surface area contributed by atoms with Gasteiger partial charge in [-0.1, -0.05) is 27.7 Å². The molecule has 0 amide bonds. The van der Waals surface area contributed by atoms with E-state index in [1.807, 2.05) is 0 Å². The van der Waals surface area contributed by atoms with Crippen LogP contribution in [0.2, 0.25) is 0 Å². The van der Waals surface area contributed by atoms with Crippen LogP contribution in [0, 0.1) is 17.3 Å². The van der Waals surface area contributed by atoms with Crippen LogP contribution in [0.1, 0.15) is 46.4 Å². The van der Waals surface area contributed by atoms with Crippen LogP contribution in [0.3, 0.4) is 0 Å². The van der Waals surface area contributed by atoms with Crippen LogP contribution in [0.4, 0.5) is 0 Å². The zero-order valence-electron chi connectivity index (χ0n) is 12.8. The van der Waals surface area contributed by atoms with Gasteiger partial charge in [0.2, 0.25) is 0 Å². The minimum absolute atomic E-state index is 0.455. The van der Waals surface area contributed by atoms with E-state index < -0.39 is 0 Å². The van der Waals surface area contributed by atoms with E-state index in [1.54, 1.807) is 6.33 Å². The van der Waals surface area contributed by atoms with Crippen molar-refractivity contribution in [1.82, 2.24) is 20.1 Å². The molecular formula is C15H28N4. The van der Waals surface area contributed by atoms with Crippen molar-refractivity contribution < 1.29 is 0 Å². The Balaban J connectivity index is 1.88. The first kappa shape index (κ1) is 14.5. The smallest absolute Gasteiger partial charge is 0.138 e. The van der Waals surface area contributed by atoms with Gasteiger partial charge in [-0.25, -0.2) is 9.67 Å². The first-order chi connectivity index (χ1) is 9.01. The number of nitrogens with one attached hydrogen (secondary N) is 1. The number of nitrogens with zero attached hydrogens (tertiary/aromatic N) is 3. The highest BCUT2D eigenvalue weighted by molar-refractivity contribution is 5.03. The molecule has 1 fully saturated rings. The second-order valence-electron chi connectivity index (χ2n) is 6.95. The van der Waals surface area contributed by atoms with Crippen LogP contribution < -0.4 is 5.32 Å². The molecule has 2 rings (SSSR count). The van der Waals surface area contributed by atoms with Gasteiger partial charge in [0.15, 0.2) is 0 Å². The predicted octanol–water partition coefficient (Wildman–Crippen LogP) is 2.50. The quantitative estimate of drug-likeness (QED) is 0.784. The predicted molar refractivity (Wildman–Crippen MR) is 77.9 cm³/mol. The van der Waals surface area contributed by atoms with E-state index in [-0.39, 0.29) is 0 Å². The van der Waals surface area contributed by atoms with Gasteiger partial charge < -0.3 is 5.32 Å². The molecule has 0 unspecified atom stereocenters. The standard InChI is InChI=1S/C15H28N4/c1-12(2)8-16-10-15(5-6-15)7-14-17-11-18-19(14)9-13(3)4/h11-13,16H,5-10H2,1-4H3. The first-order valence-electron chi connectivity index (χ1n) is 7.58. The van der Waals surface area contributed by atoms with Gasteiger partial charge in [0.1, 0.15) is 12.2 Å². The zero-order valence-corrected chi connectivity index (χ0v) is 12.8. The normalized spacial score (nSPS) is 17.4. The van der Waals surface area contributed by atoms with Crippen LogP contribution in [-0.2, 0) is 13.0 Å². The molecular weight excluding hydrogens is 236 g/mol. The fourth-order valence-electron chi connectivity index (χ4n) is 2.48. The fourth-order valence-corrected chi connectivity index (χ4v) is 2.48. The maximum Gasteiger partial charge on any atom is 0.138 e. The Kier molecular flexibility index (Phi) is 4.61. The molecule has 1 aromatic heterocycles. The van der Waals surface area contributed by atoms with Gasteiger partial charge in [0, 0.05) is 19.5 Å². The molecule has 0 aliphatic heterocycles. The van der Waals surface area contributed by atoms with Crippen LogP contribution in [-0.4, -0.2) is 27.9 Å². The molecule has 4 heteroatoms. The SMILES string of the molecule is CC(C)CNCC1(Cc2ncnn2CC(C)C)CC1. The minimum Gasteiger partial charge on any atom is -0.316 e. The van der Waals surface area contributed by atoms with Crippen molar-refractivity contribution in [3.63, 3.8) is 0 Å². The monoisotopic (exact) mass is 264 g/mol. The average Bonchev–Trinajstić information content (AvgIpc) is 2.93. The number of aromatic nitrogens is 3. The molecule has 4 nitrogen and oxygen atoms in total. The van der Waals surface area contributed by atoms with E-state index in [1.165, 1.54) is 12.8 Å². The summed E-state index contributed by atoms with van der Waals surface area (Å²) < 4.78 is 2.09. The average molecular weight is 264 g/mol. The van der Waals surface area contributed by atoms with E-state index in [4.69, 9.17) is 0 Å². The maximum atomic E-state index is 4.46. The molecule has 0 aromatic carbocycles. The van der Waals surface area contributed by atoms with Gasteiger partial charge in [-0.2, -0.15) is 5.10 Å². The Hall–Kier alpha value is -0.900. The molecule has 0 spiro atoms. The molecule has 1 saturated carbocycles. The molecule has 1 aliphatic rings. The lowest BCUT2D eigenvalue weighted by Gasteiger charge is -2.17. The zero-order chi connectivity index (χ0) is 13.9. The summed E-state index contributed by atoms with van der Waals surface area (Å²) in [5, 5.41) is 7.96. The lowest BCUT2D eigenvalue weighted by atomic mass is 10.0. The van der Waals surface area contributed by atoms with Crippen LogP contribution in [0.15, 0.2) is 6.33 Å². The van der Waals surface area contributed by atoms with Gasteiger partial charge in [0.25, 0.3) is 0 Å². The highest BCUT2D eigenvalue weighted by Gasteiger charge is 2.43. The molecule has 0 saturated heterocycles. The van der Waals surface area contributed by atoms with Gasteiger partial charge in [-0.3, -0.25) is 0 Å². The lowest BCUT2D eigenvalue weighted by Crippen LogP contribution is -2.29. The highest BCUT2D eigenvalue weighted by Crippen LogP contribution is 2.47. The highest BCUT2D eigenvalue weighted by atomic mass is 15.3. The van der Waals surface area contributed by atoms with Crippen molar-refractivity contribution in [2.45, 2.75) is 53.5 Å². The van der Waals surface area contributed by atoms with Crippen molar-refractivity contribution in [2.24, 2.45) is 17.3 Å². The third-order valence-electron chi connectivity index (χ3n) is 3.78. The molecule has 19 heavy (non-hydrogen) atoms. The van der Waals surface area contributed by atoms with E-state index in [9.17, 15) is 0 Å². The van der Waals surface area contributed by atoms with Crippen LogP contribution in [0.5, 0.6) is 0 Å². The maximum absolute atomic E-state index is 4.46. The van der Waals surface area contributed by atoms with Gasteiger partial charge in [-0.15, -0.1) is 0 Å². The summed E-state index contributed by atoms with van der Waals surface area (Å²) in [4.78, 5) is 4.46. The topological polar surface area (TPSA) is 42.7 Å². The Morgan fingerprint density at radius 1 is 1.26 bits per heavy atom. The molecule has 0 radical (unpaired) electrons. The second-order valence-corrected chi connectivity index (χ2v) is 6.95. The third kappa shape index (κ3) is 4.30. The van der Waals surface area contributed by atoms with E-state index >= 15 is 0 Å². The number of rotatable bonds is 8. The summed E-state index contributed by atoms with van der Waals surface area (Å²) in [6, 6.07) is 0. The van der Waals surface area contributed by atoms with Crippen molar-refractivity contribution in [2.75, 3.05) is 13.1 Å². The molecule has 1 N–H and O–H groups in total. The van der Waals surface area contributed by atoms with Crippen LogP contribution in [0.25, 0.3) is 0 Å². The van der Waals surface area contributed by atoms with Gasteiger partial charge >= 0.3 is 0 Å². The third-order valence-corrected chi connectivity index (χ3v) is 3.78. The molecule has 1 aliphatic carbocycles. The Morgan fingerprint density at radius 3 is 2.58 bits per heavy atom. The summed E-state index contributed by atoms with van der Waals surface area (Å²) in [5.41, 5.74) is 0.455. The summed E-state index contributed by atoms with van der Waals surface area (Å²) in [5.74, 6) is 2.51. The second kappa shape index (κ2) is 6.04. The Labute approximate surface area is 117 Å². The van der Waals surface area contributed by atoms with E-state index in [2.05, 4.69) is 47.8 Å². The fraction of sp³-hybridized carbons (Fsp3) is 0.867. The molecule has 1 aromatic rings. The van der Waals surface area contributed by atoms with Gasteiger partial charge in [-0.05, 0) is 36.6 Å². The summed E-state index contributed by atoms with van der Waals surface area (Å²) in [7, 11) is 0. The Bertz CT molecular complexity index is 391. The summed E-state index contributed by atoms with van der Waals surface area (Å²) in [6.07, 6.45) is 5.43. The van der Waals surface area contributed by atoms with Gasteiger partial charge in [0.05, 0.1) is 0 Å². The molecule has 108 valence electrons. The molecule has 0 atom stereocenters. The summed E-state index contributed by atoms with van der Waals surface area (Å²) >= 11 is 0. The minimum atomic E-state index is 0.455. The molecule has 0 bridgehead atoms. The van der Waals surface area contributed by atoms with Crippen molar-refractivity contribution >= 4 is 0 Å². The largest absolute Gasteiger partial charge is 0.316 e. The Morgan fingerprint density at radius 2 is 2.00 bits per heavy atom. The number of hydrogen-bond donors (Lipinski definition) is 1. The van der Waals surface area contributed by atoms with Crippen molar-refractivity contribution in [3.05, 3.63) is 12.2 Å². The number of hydrogen-bond acceptors (Lipinski definition) is 3. The van der Waals surface area contributed by atoms with Crippen molar-refractivity contribution in [3.8, 4) is 0 Å². The summed E-state index contributed by atoms with van der Waals surface area (Å²) in [6.45, 7) is 12.2. The van der Waals surface area contributed by atoms with Crippen LogP contribution >= 0.6 is 0 Å². The lowest BCUT2D eigenvalue weighted by molar-refractivity contribution is 0.400. The van der Waals surface area contributed by atoms with E-state index in [0.29, 0.717) is 11.3 Å².